The number of fused-ring (bicyclic) bond motifs is 1. The van der Waals surface area contributed by atoms with Crippen molar-refractivity contribution in [2.24, 2.45) is 11.8 Å². The number of hydrogen-bond acceptors (Lipinski definition) is 0. The first-order chi connectivity index (χ1) is 16.2. The van der Waals surface area contributed by atoms with Crippen LogP contribution >= 0.6 is 0 Å². The quantitative estimate of drug-likeness (QED) is 0.277. The molecule has 0 N–H and O–H groups in total. The lowest BCUT2D eigenvalue weighted by Crippen LogP contribution is -2.15. The van der Waals surface area contributed by atoms with Crippen LogP contribution in [0.25, 0.3) is 21.9 Å². The van der Waals surface area contributed by atoms with E-state index in [4.69, 9.17) is 0 Å². The lowest BCUT2D eigenvalue weighted by atomic mass is 9.78. The second-order valence-corrected chi connectivity index (χ2v) is 9.99. The minimum absolute atomic E-state index is 0.930. The van der Waals surface area contributed by atoms with Crippen LogP contribution in [0.15, 0.2) is 85.5 Å². The molecule has 0 saturated heterocycles. The molecule has 0 heteroatoms. The zero-order valence-electron chi connectivity index (χ0n) is 20.4. The van der Waals surface area contributed by atoms with E-state index in [0.29, 0.717) is 0 Å². The van der Waals surface area contributed by atoms with Gasteiger partial charge in [-0.1, -0.05) is 98.5 Å². The van der Waals surface area contributed by atoms with E-state index in [-0.39, 0.29) is 0 Å². The van der Waals surface area contributed by atoms with Gasteiger partial charge in [-0.3, -0.25) is 0 Å². The number of aryl methyl sites for hydroxylation is 2. The van der Waals surface area contributed by atoms with E-state index in [1.165, 1.54) is 84.4 Å². The first-order valence-corrected chi connectivity index (χ1v) is 13.1. The van der Waals surface area contributed by atoms with Gasteiger partial charge in [0, 0.05) is 0 Å². The van der Waals surface area contributed by atoms with Crippen LogP contribution < -0.4 is 0 Å². The van der Waals surface area contributed by atoms with Gasteiger partial charge < -0.3 is 0 Å². The molecule has 1 aliphatic carbocycles. The van der Waals surface area contributed by atoms with Crippen molar-refractivity contribution in [3.8, 4) is 11.1 Å². The monoisotopic (exact) mass is 436 g/mol. The van der Waals surface area contributed by atoms with Gasteiger partial charge in [-0.05, 0) is 96.4 Å². The zero-order valence-corrected chi connectivity index (χ0v) is 20.4. The van der Waals surface area contributed by atoms with Crippen molar-refractivity contribution in [3.63, 3.8) is 0 Å². The highest BCUT2D eigenvalue weighted by atomic mass is 14.3. The molecule has 1 saturated carbocycles. The van der Waals surface area contributed by atoms with E-state index in [9.17, 15) is 0 Å². The van der Waals surface area contributed by atoms with Gasteiger partial charge in [0.25, 0.3) is 0 Å². The van der Waals surface area contributed by atoms with Crippen molar-refractivity contribution in [1.82, 2.24) is 0 Å². The Balaban J connectivity index is 1.30. The van der Waals surface area contributed by atoms with Crippen LogP contribution in [-0.4, -0.2) is 0 Å². The van der Waals surface area contributed by atoms with E-state index in [1.54, 1.807) is 0 Å². The summed E-state index contributed by atoms with van der Waals surface area (Å²) in [6.45, 7) is 5.97. The molecule has 0 aromatic heterocycles. The summed E-state index contributed by atoms with van der Waals surface area (Å²) >= 11 is 0. The summed E-state index contributed by atoms with van der Waals surface area (Å²) < 4.78 is 0. The van der Waals surface area contributed by atoms with Crippen molar-refractivity contribution in [3.05, 3.63) is 96.6 Å². The van der Waals surface area contributed by atoms with Crippen molar-refractivity contribution >= 4 is 10.8 Å². The van der Waals surface area contributed by atoms with Crippen LogP contribution in [0.5, 0.6) is 0 Å². The normalized spacial score (nSPS) is 18.7. The van der Waals surface area contributed by atoms with Crippen LogP contribution in [0.1, 0.15) is 69.4 Å². The van der Waals surface area contributed by atoms with Crippen LogP contribution in [0, 0.1) is 11.8 Å². The molecular formula is C33H40. The van der Waals surface area contributed by atoms with E-state index >= 15 is 0 Å². The largest absolute Gasteiger partial charge is 0.103 e. The Bertz CT molecular complexity index is 1050. The predicted octanol–water partition coefficient (Wildman–Crippen LogP) is 9.72. The number of hydrogen-bond donors (Lipinski definition) is 0. The molecule has 33 heavy (non-hydrogen) atoms. The van der Waals surface area contributed by atoms with Crippen LogP contribution in [0.3, 0.4) is 0 Å². The molecule has 0 spiro atoms. The van der Waals surface area contributed by atoms with Crippen molar-refractivity contribution in [2.75, 3.05) is 0 Å². The topological polar surface area (TPSA) is 0 Å². The van der Waals surface area contributed by atoms with Crippen LogP contribution in [0.2, 0.25) is 0 Å². The Morgan fingerprint density at radius 2 is 1.33 bits per heavy atom. The summed E-state index contributed by atoms with van der Waals surface area (Å²) in [4.78, 5) is 0. The van der Waals surface area contributed by atoms with Crippen molar-refractivity contribution in [2.45, 2.75) is 71.1 Å². The molecule has 1 fully saturated rings. The SMILES string of the molecule is C=CCCc1ccc2cc(-c3ccc(CCC4CCC(CC/C=C/C)CC4)cc3)ccc2c1. The summed E-state index contributed by atoms with van der Waals surface area (Å²) in [5, 5.41) is 2.65. The minimum Gasteiger partial charge on any atom is -0.103 e. The van der Waals surface area contributed by atoms with Gasteiger partial charge in [0.2, 0.25) is 0 Å². The number of allylic oxidation sites excluding steroid dienone is 3. The first kappa shape index (κ1) is 23.6. The molecule has 1 aliphatic rings. The molecule has 0 aliphatic heterocycles. The lowest BCUT2D eigenvalue weighted by molar-refractivity contribution is 0.254. The van der Waals surface area contributed by atoms with Crippen molar-refractivity contribution < 1.29 is 0 Å². The van der Waals surface area contributed by atoms with E-state index < -0.39 is 0 Å². The Hall–Kier alpha value is -2.60. The molecule has 0 bridgehead atoms. The Morgan fingerprint density at radius 1 is 0.697 bits per heavy atom. The van der Waals surface area contributed by atoms with E-state index in [1.807, 2.05) is 6.08 Å². The summed E-state index contributed by atoms with van der Waals surface area (Å²) in [6, 6.07) is 23.0. The molecular weight excluding hydrogens is 396 g/mol. The smallest absolute Gasteiger partial charge is 0.0178 e. The van der Waals surface area contributed by atoms with E-state index in [0.717, 1.165) is 24.7 Å². The molecule has 0 amide bonds. The van der Waals surface area contributed by atoms with Gasteiger partial charge in [-0.2, -0.15) is 0 Å². The van der Waals surface area contributed by atoms with Crippen LogP contribution in [-0.2, 0) is 12.8 Å². The highest BCUT2D eigenvalue weighted by Crippen LogP contribution is 2.34. The average molecular weight is 437 g/mol. The van der Waals surface area contributed by atoms with Gasteiger partial charge in [0.15, 0.2) is 0 Å². The molecule has 0 atom stereocenters. The van der Waals surface area contributed by atoms with Crippen molar-refractivity contribution in [1.29, 1.82) is 0 Å². The van der Waals surface area contributed by atoms with Gasteiger partial charge in [-0.15, -0.1) is 6.58 Å². The fourth-order valence-corrected chi connectivity index (χ4v) is 5.44. The third-order valence-electron chi connectivity index (χ3n) is 7.61. The maximum Gasteiger partial charge on any atom is -0.0178 e. The molecule has 0 heterocycles. The van der Waals surface area contributed by atoms with Gasteiger partial charge in [0.1, 0.15) is 0 Å². The van der Waals surface area contributed by atoms with Gasteiger partial charge >= 0.3 is 0 Å². The fraction of sp³-hybridized carbons (Fsp3) is 0.394. The predicted molar refractivity (Wildman–Crippen MR) is 146 cm³/mol. The summed E-state index contributed by atoms with van der Waals surface area (Å²) in [6.07, 6.45) is 19.6. The highest BCUT2D eigenvalue weighted by Gasteiger charge is 2.20. The Morgan fingerprint density at radius 3 is 2.06 bits per heavy atom. The summed E-state index contributed by atoms with van der Waals surface area (Å²) in [5.74, 6) is 1.90. The average Bonchev–Trinajstić information content (AvgIpc) is 2.87. The molecule has 172 valence electrons. The second kappa shape index (κ2) is 12.0. The first-order valence-electron chi connectivity index (χ1n) is 13.1. The number of rotatable bonds is 10. The minimum atomic E-state index is 0.930. The maximum absolute atomic E-state index is 3.84. The molecule has 0 unspecified atom stereocenters. The molecule has 0 nitrogen and oxygen atoms in total. The molecule has 4 rings (SSSR count). The third kappa shape index (κ3) is 6.70. The molecule has 0 radical (unpaired) electrons. The summed E-state index contributed by atoms with van der Waals surface area (Å²) in [7, 11) is 0. The molecule has 3 aromatic carbocycles. The Labute approximate surface area is 201 Å². The number of benzene rings is 3. The van der Waals surface area contributed by atoms with Gasteiger partial charge in [0.05, 0.1) is 0 Å². The lowest BCUT2D eigenvalue weighted by Gasteiger charge is -2.28. The fourth-order valence-electron chi connectivity index (χ4n) is 5.44. The standard InChI is InChI=1S/C33H40/c1-3-5-7-9-26-10-12-27(13-11-26)14-15-28-16-19-30(20-17-28)32-23-22-31-24-29(8-6-4-2)18-21-33(31)25-32/h3-5,16-27H,2,6-15H2,1H3/b5-3+. The van der Waals surface area contributed by atoms with Crippen LogP contribution in [0.4, 0.5) is 0 Å². The maximum atomic E-state index is 3.84. The third-order valence-corrected chi connectivity index (χ3v) is 7.61. The summed E-state index contributed by atoms with van der Waals surface area (Å²) in [5.41, 5.74) is 5.50. The second-order valence-electron chi connectivity index (χ2n) is 9.99. The molecule has 3 aromatic rings. The van der Waals surface area contributed by atoms with Gasteiger partial charge in [-0.25, -0.2) is 0 Å². The Kier molecular flexibility index (Phi) is 8.59. The zero-order chi connectivity index (χ0) is 22.9. The highest BCUT2D eigenvalue weighted by molar-refractivity contribution is 5.87. The van der Waals surface area contributed by atoms with E-state index in [2.05, 4.69) is 86.3 Å².